The van der Waals surface area contributed by atoms with Crippen molar-refractivity contribution >= 4 is 17.3 Å². The number of carbonyl (C=O) groups is 1. The third-order valence-electron chi connectivity index (χ3n) is 4.89. The Morgan fingerprint density at radius 3 is 2.54 bits per heavy atom. The summed E-state index contributed by atoms with van der Waals surface area (Å²) in [6, 6.07) is 21.7. The molecule has 6 heteroatoms. The van der Waals surface area contributed by atoms with Gasteiger partial charge in [0, 0.05) is 29.9 Å². The van der Waals surface area contributed by atoms with E-state index < -0.39 is 11.1 Å². The number of nitro groups is 1. The van der Waals surface area contributed by atoms with E-state index >= 15 is 0 Å². The van der Waals surface area contributed by atoms with Crippen LogP contribution >= 0.6 is 0 Å². The summed E-state index contributed by atoms with van der Waals surface area (Å²) in [4.78, 5) is 25.7. The fourth-order valence-corrected chi connectivity index (χ4v) is 3.42. The minimum Gasteiger partial charge on any atom is -0.361 e. The van der Waals surface area contributed by atoms with Crippen LogP contribution in [0.1, 0.15) is 33.2 Å². The van der Waals surface area contributed by atoms with Crippen molar-refractivity contribution in [3.05, 3.63) is 105 Å². The van der Waals surface area contributed by atoms with Gasteiger partial charge in [-0.25, -0.2) is 0 Å². The molecule has 0 bridgehead atoms. The summed E-state index contributed by atoms with van der Waals surface area (Å²) in [5.74, 6) is -0.105. The SMILES string of the molecule is Cc1ccc(CN2C(=O)c3ccccc3NC2c2cccc([N+](=O)[O-])c2)cc1. The lowest BCUT2D eigenvalue weighted by molar-refractivity contribution is -0.384. The average molecular weight is 373 g/mol. The summed E-state index contributed by atoms with van der Waals surface area (Å²) in [7, 11) is 0. The van der Waals surface area contributed by atoms with E-state index in [9.17, 15) is 14.9 Å². The van der Waals surface area contributed by atoms with Gasteiger partial charge in [0.1, 0.15) is 6.17 Å². The molecule has 3 aromatic rings. The average Bonchev–Trinajstić information content (AvgIpc) is 2.71. The van der Waals surface area contributed by atoms with Gasteiger partial charge in [0.05, 0.1) is 10.5 Å². The molecule has 1 aliphatic heterocycles. The van der Waals surface area contributed by atoms with Gasteiger partial charge in [0.2, 0.25) is 0 Å². The van der Waals surface area contributed by atoms with Gasteiger partial charge in [0.25, 0.3) is 11.6 Å². The Balaban J connectivity index is 1.76. The van der Waals surface area contributed by atoms with Crippen LogP contribution in [0, 0.1) is 17.0 Å². The number of rotatable bonds is 4. The van der Waals surface area contributed by atoms with Gasteiger partial charge < -0.3 is 10.2 Å². The predicted octanol–water partition coefficient (Wildman–Crippen LogP) is 4.67. The number of para-hydroxylation sites is 1. The number of hydrogen-bond acceptors (Lipinski definition) is 4. The van der Waals surface area contributed by atoms with Gasteiger partial charge in [-0.3, -0.25) is 14.9 Å². The van der Waals surface area contributed by atoms with Gasteiger partial charge in [-0.1, -0.05) is 54.1 Å². The van der Waals surface area contributed by atoms with Gasteiger partial charge in [-0.2, -0.15) is 0 Å². The Hall–Kier alpha value is -3.67. The third-order valence-corrected chi connectivity index (χ3v) is 4.89. The maximum atomic E-state index is 13.2. The van der Waals surface area contributed by atoms with E-state index in [1.165, 1.54) is 12.1 Å². The van der Waals surface area contributed by atoms with Crippen LogP contribution in [0.5, 0.6) is 0 Å². The number of non-ortho nitro benzene ring substituents is 1. The van der Waals surface area contributed by atoms with E-state index in [0.29, 0.717) is 17.7 Å². The molecule has 1 N–H and O–H groups in total. The number of fused-ring (bicyclic) bond motifs is 1. The topological polar surface area (TPSA) is 75.5 Å². The molecular formula is C22H19N3O3. The second-order valence-corrected chi connectivity index (χ2v) is 6.86. The number of nitrogens with zero attached hydrogens (tertiary/aromatic N) is 2. The van der Waals surface area contributed by atoms with Gasteiger partial charge >= 0.3 is 0 Å². The first-order valence-electron chi connectivity index (χ1n) is 8.99. The van der Waals surface area contributed by atoms with Crippen LogP contribution in [0.25, 0.3) is 0 Å². The molecule has 6 nitrogen and oxygen atoms in total. The van der Waals surface area contributed by atoms with E-state index in [0.717, 1.165) is 16.8 Å². The minimum absolute atomic E-state index is 0.000827. The zero-order valence-corrected chi connectivity index (χ0v) is 15.3. The normalized spacial score (nSPS) is 15.7. The molecule has 0 fully saturated rings. The Morgan fingerprint density at radius 2 is 1.79 bits per heavy atom. The van der Waals surface area contributed by atoms with E-state index in [2.05, 4.69) is 5.32 Å². The smallest absolute Gasteiger partial charge is 0.269 e. The summed E-state index contributed by atoms with van der Waals surface area (Å²) >= 11 is 0. The van der Waals surface area contributed by atoms with Crippen molar-refractivity contribution < 1.29 is 9.72 Å². The second-order valence-electron chi connectivity index (χ2n) is 6.86. The van der Waals surface area contributed by atoms with Crippen molar-refractivity contribution in [2.45, 2.75) is 19.6 Å². The first kappa shape index (κ1) is 17.7. The number of hydrogen-bond donors (Lipinski definition) is 1. The monoisotopic (exact) mass is 373 g/mol. The lowest BCUT2D eigenvalue weighted by Crippen LogP contribution is -2.42. The number of nitro benzene ring substituents is 1. The first-order valence-corrected chi connectivity index (χ1v) is 8.99. The predicted molar refractivity (Wildman–Crippen MR) is 107 cm³/mol. The van der Waals surface area contributed by atoms with E-state index in [4.69, 9.17) is 0 Å². The van der Waals surface area contributed by atoms with Gasteiger partial charge in [-0.15, -0.1) is 0 Å². The molecule has 0 aromatic heterocycles. The molecule has 0 aliphatic carbocycles. The zero-order chi connectivity index (χ0) is 19.7. The summed E-state index contributed by atoms with van der Waals surface area (Å²) < 4.78 is 0. The van der Waals surface area contributed by atoms with Crippen molar-refractivity contribution in [1.29, 1.82) is 0 Å². The number of carbonyl (C=O) groups excluding carboxylic acids is 1. The molecule has 1 aliphatic rings. The fourth-order valence-electron chi connectivity index (χ4n) is 3.42. The van der Waals surface area contributed by atoms with Crippen LogP contribution in [-0.2, 0) is 6.54 Å². The Morgan fingerprint density at radius 1 is 1.04 bits per heavy atom. The van der Waals surface area contributed by atoms with Crippen LogP contribution in [0.4, 0.5) is 11.4 Å². The summed E-state index contributed by atoms with van der Waals surface area (Å²) in [6.45, 7) is 2.41. The Labute approximate surface area is 162 Å². The minimum atomic E-state index is -0.497. The third kappa shape index (κ3) is 3.32. The Bertz CT molecular complexity index is 1050. The number of nitrogens with one attached hydrogen (secondary N) is 1. The highest BCUT2D eigenvalue weighted by molar-refractivity contribution is 6.01. The number of benzene rings is 3. The van der Waals surface area contributed by atoms with Gasteiger partial charge in [-0.05, 0) is 24.6 Å². The molecule has 0 saturated carbocycles. The number of anilines is 1. The fraction of sp³-hybridized carbons (Fsp3) is 0.136. The lowest BCUT2D eigenvalue weighted by Gasteiger charge is -2.38. The van der Waals surface area contributed by atoms with Crippen LogP contribution in [0.2, 0.25) is 0 Å². The molecule has 0 radical (unpaired) electrons. The van der Waals surface area contributed by atoms with Crippen molar-refractivity contribution in [3.8, 4) is 0 Å². The molecule has 0 spiro atoms. The lowest BCUT2D eigenvalue weighted by atomic mass is 10.0. The van der Waals surface area contributed by atoms with Crippen molar-refractivity contribution in [2.24, 2.45) is 0 Å². The number of amides is 1. The molecule has 28 heavy (non-hydrogen) atoms. The van der Waals surface area contributed by atoms with Gasteiger partial charge in [0.15, 0.2) is 0 Å². The zero-order valence-electron chi connectivity index (χ0n) is 15.3. The summed E-state index contributed by atoms with van der Waals surface area (Å²) in [5, 5.41) is 14.6. The highest BCUT2D eigenvalue weighted by Crippen LogP contribution is 2.35. The highest BCUT2D eigenvalue weighted by atomic mass is 16.6. The van der Waals surface area contributed by atoms with Crippen molar-refractivity contribution in [2.75, 3.05) is 5.32 Å². The molecule has 3 aromatic carbocycles. The first-order chi connectivity index (χ1) is 13.5. The van der Waals surface area contributed by atoms with Crippen LogP contribution in [0.3, 0.4) is 0 Å². The maximum absolute atomic E-state index is 13.2. The second kappa shape index (κ2) is 7.15. The standard InChI is InChI=1S/C22H19N3O3/c1-15-9-11-16(12-10-15)14-24-21(17-5-4-6-18(13-17)25(27)28)23-20-8-3-2-7-19(20)22(24)26/h2-13,21,23H,14H2,1H3. The quantitative estimate of drug-likeness (QED) is 0.533. The van der Waals surface area contributed by atoms with Crippen molar-refractivity contribution in [3.63, 3.8) is 0 Å². The van der Waals surface area contributed by atoms with Crippen LogP contribution in [0.15, 0.2) is 72.8 Å². The molecule has 140 valence electrons. The summed E-state index contributed by atoms with van der Waals surface area (Å²) in [6.07, 6.45) is -0.497. The number of aryl methyl sites for hydroxylation is 1. The largest absolute Gasteiger partial charge is 0.361 e. The van der Waals surface area contributed by atoms with Crippen LogP contribution < -0.4 is 5.32 Å². The molecule has 1 heterocycles. The van der Waals surface area contributed by atoms with Crippen molar-refractivity contribution in [1.82, 2.24) is 4.90 Å². The maximum Gasteiger partial charge on any atom is 0.269 e. The molecular weight excluding hydrogens is 354 g/mol. The molecule has 1 atom stereocenters. The van der Waals surface area contributed by atoms with Crippen LogP contribution in [-0.4, -0.2) is 15.7 Å². The van der Waals surface area contributed by atoms with E-state index in [1.807, 2.05) is 49.4 Å². The van der Waals surface area contributed by atoms with E-state index in [1.54, 1.807) is 23.1 Å². The molecule has 1 unspecified atom stereocenters. The molecule has 4 rings (SSSR count). The molecule has 0 saturated heterocycles. The highest BCUT2D eigenvalue weighted by Gasteiger charge is 2.33. The van der Waals surface area contributed by atoms with E-state index in [-0.39, 0.29) is 11.6 Å². The summed E-state index contributed by atoms with van der Waals surface area (Å²) in [5.41, 5.74) is 4.13. The Kier molecular flexibility index (Phi) is 4.53. The molecule has 1 amide bonds.